The minimum atomic E-state index is -0.752. The van der Waals surface area contributed by atoms with Gasteiger partial charge in [0, 0.05) is 12.8 Å². The SMILES string of the molecule is CC[C@@H](O)/C=C/[C@@H]1O[C@@H]([C@@H](O)CCCCCCCC(=O)O)C[C@@H]1O. The predicted molar refractivity (Wildman–Crippen MR) is 90.7 cm³/mol. The Morgan fingerprint density at radius 1 is 1.21 bits per heavy atom. The fraction of sp³-hybridized carbons (Fsp3) is 0.833. The summed E-state index contributed by atoms with van der Waals surface area (Å²) in [7, 11) is 0. The highest BCUT2D eigenvalue weighted by atomic mass is 16.5. The van der Waals surface area contributed by atoms with Crippen molar-refractivity contribution < 1.29 is 30.0 Å². The number of aliphatic hydroxyl groups excluding tert-OH is 3. The van der Waals surface area contributed by atoms with Crippen molar-refractivity contribution in [3.63, 3.8) is 0 Å². The first kappa shape index (κ1) is 21.1. The number of hydrogen-bond acceptors (Lipinski definition) is 5. The lowest BCUT2D eigenvalue weighted by molar-refractivity contribution is -0.137. The summed E-state index contributed by atoms with van der Waals surface area (Å²) in [6, 6.07) is 0. The molecule has 1 fully saturated rings. The van der Waals surface area contributed by atoms with Gasteiger partial charge in [-0.1, -0.05) is 44.8 Å². The van der Waals surface area contributed by atoms with Crippen LogP contribution in [0.25, 0.3) is 0 Å². The highest BCUT2D eigenvalue weighted by Crippen LogP contribution is 2.26. The molecular weight excluding hydrogens is 312 g/mol. The molecule has 1 aliphatic heterocycles. The van der Waals surface area contributed by atoms with E-state index >= 15 is 0 Å². The van der Waals surface area contributed by atoms with Gasteiger partial charge < -0.3 is 25.2 Å². The van der Waals surface area contributed by atoms with Gasteiger partial charge in [-0.3, -0.25) is 4.79 Å². The van der Waals surface area contributed by atoms with Crippen LogP contribution in [0.5, 0.6) is 0 Å². The van der Waals surface area contributed by atoms with Crippen molar-refractivity contribution in [2.75, 3.05) is 0 Å². The first-order valence-corrected chi connectivity index (χ1v) is 9.03. The third-order valence-corrected chi connectivity index (χ3v) is 4.45. The van der Waals surface area contributed by atoms with Crippen molar-refractivity contribution in [2.24, 2.45) is 0 Å². The summed E-state index contributed by atoms with van der Waals surface area (Å²) in [5.74, 6) is -0.752. The first-order chi connectivity index (χ1) is 11.4. The van der Waals surface area contributed by atoms with E-state index in [0.717, 1.165) is 25.7 Å². The largest absolute Gasteiger partial charge is 0.481 e. The number of carboxylic acid groups (broad SMARTS) is 1. The van der Waals surface area contributed by atoms with E-state index < -0.39 is 30.4 Å². The minimum absolute atomic E-state index is 0.220. The van der Waals surface area contributed by atoms with Gasteiger partial charge in [0.05, 0.1) is 24.4 Å². The summed E-state index contributed by atoms with van der Waals surface area (Å²) in [6.45, 7) is 1.87. The summed E-state index contributed by atoms with van der Waals surface area (Å²) in [4.78, 5) is 10.4. The third kappa shape index (κ3) is 8.24. The van der Waals surface area contributed by atoms with Crippen molar-refractivity contribution >= 4 is 5.97 Å². The van der Waals surface area contributed by atoms with Gasteiger partial charge in [0.2, 0.25) is 0 Å². The zero-order valence-corrected chi connectivity index (χ0v) is 14.5. The topological polar surface area (TPSA) is 107 Å². The number of ether oxygens (including phenoxy) is 1. The molecule has 1 aliphatic rings. The van der Waals surface area contributed by atoms with Crippen LogP contribution in [-0.2, 0) is 9.53 Å². The van der Waals surface area contributed by atoms with Crippen LogP contribution in [0.1, 0.15) is 64.7 Å². The van der Waals surface area contributed by atoms with Crippen molar-refractivity contribution in [2.45, 2.75) is 95.2 Å². The lowest BCUT2D eigenvalue weighted by Gasteiger charge is -2.18. The predicted octanol–water partition coefficient (Wildman–Crippen LogP) is 2.01. The third-order valence-electron chi connectivity index (χ3n) is 4.45. The van der Waals surface area contributed by atoms with Crippen LogP contribution in [0.3, 0.4) is 0 Å². The molecule has 0 aliphatic carbocycles. The Morgan fingerprint density at radius 2 is 1.88 bits per heavy atom. The molecule has 0 aromatic carbocycles. The van der Waals surface area contributed by atoms with Crippen LogP contribution in [0, 0.1) is 0 Å². The van der Waals surface area contributed by atoms with E-state index in [0.29, 0.717) is 25.7 Å². The average Bonchev–Trinajstić information content (AvgIpc) is 2.92. The van der Waals surface area contributed by atoms with Crippen molar-refractivity contribution in [3.05, 3.63) is 12.2 Å². The standard InChI is InChI=1S/C18H32O6/c1-2-13(19)10-11-16-15(21)12-17(24-16)14(20)8-6-4-3-5-7-9-18(22)23/h10-11,13-17,19-21H,2-9,12H2,1H3,(H,22,23)/b11-10+/t13-,14+,15+,16+,17-/m1/s1. The van der Waals surface area contributed by atoms with Crippen LogP contribution in [-0.4, -0.2) is 56.9 Å². The van der Waals surface area contributed by atoms with Crippen LogP contribution >= 0.6 is 0 Å². The van der Waals surface area contributed by atoms with Crippen LogP contribution < -0.4 is 0 Å². The van der Waals surface area contributed by atoms with Crippen molar-refractivity contribution in [1.29, 1.82) is 0 Å². The van der Waals surface area contributed by atoms with Crippen molar-refractivity contribution in [3.8, 4) is 0 Å². The summed E-state index contributed by atoms with van der Waals surface area (Å²) in [5.41, 5.74) is 0. The average molecular weight is 344 g/mol. The fourth-order valence-corrected chi connectivity index (χ4v) is 2.86. The van der Waals surface area contributed by atoms with Crippen molar-refractivity contribution in [1.82, 2.24) is 0 Å². The molecule has 1 heterocycles. The Kier molecular flexibility index (Phi) is 10.2. The molecule has 0 unspecified atom stereocenters. The molecule has 0 aromatic rings. The monoisotopic (exact) mass is 344 g/mol. The molecule has 24 heavy (non-hydrogen) atoms. The van der Waals surface area contributed by atoms with E-state index in [1.54, 1.807) is 12.2 Å². The van der Waals surface area contributed by atoms with Crippen LogP contribution in [0.15, 0.2) is 12.2 Å². The number of carboxylic acids is 1. The second-order valence-electron chi connectivity index (χ2n) is 6.57. The van der Waals surface area contributed by atoms with E-state index in [9.17, 15) is 20.1 Å². The summed E-state index contributed by atoms with van der Waals surface area (Å²) in [5, 5.41) is 38.2. The Morgan fingerprint density at radius 3 is 2.54 bits per heavy atom. The first-order valence-electron chi connectivity index (χ1n) is 9.03. The second-order valence-corrected chi connectivity index (χ2v) is 6.57. The highest BCUT2D eigenvalue weighted by Gasteiger charge is 2.36. The normalized spacial score (nSPS) is 26.8. The number of rotatable bonds is 12. The molecule has 6 heteroatoms. The smallest absolute Gasteiger partial charge is 0.303 e. The van der Waals surface area contributed by atoms with Gasteiger partial charge in [0.1, 0.15) is 6.10 Å². The molecule has 0 amide bonds. The maximum absolute atomic E-state index is 10.4. The quantitative estimate of drug-likeness (QED) is 0.319. The highest BCUT2D eigenvalue weighted by molar-refractivity contribution is 5.66. The lowest BCUT2D eigenvalue weighted by atomic mass is 10.0. The molecule has 0 aromatic heterocycles. The van der Waals surface area contributed by atoms with Crippen LogP contribution in [0.4, 0.5) is 0 Å². The molecule has 1 rings (SSSR count). The molecule has 1 saturated heterocycles. The number of carbonyl (C=O) groups is 1. The summed E-state index contributed by atoms with van der Waals surface area (Å²) in [6.07, 6.45) is 6.89. The number of hydrogen-bond donors (Lipinski definition) is 4. The number of aliphatic hydroxyl groups is 3. The number of aliphatic carboxylic acids is 1. The van der Waals surface area contributed by atoms with Gasteiger partial charge >= 0.3 is 5.97 Å². The van der Waals surface area contributed by atoms with E-state index in [1.165, 1.54) is 0 Å². The maximum Gasteiger partial charge on any atom is 0.303 e. The van der Waals surface area contributed by atoms with Gasteiger partial charge in [-0.25, -0.2) is 0 Å². The van der Waals surface area contributed by atoms with Gasteiger partial charge in [-0.05, 0) is 19.3 Å². The summed E-state index contributed by atoms with van der Waals surface area (Å²) < 4.78 is 5.69. The molecule has 0 bridgehead atoms. The van der Waals surface area contributed by atoms with E-state index in [1.807, 2.05) is 6.92 Å². The Hall–Kier alpha value is -0.950. The molecule has 5 atom stereocenters. The molecule has 4 N–H and O–H groups in total. The molecule has 0 saturated carbocycles. The number of unbranched alkanes of at least 4 members (excludes halogenated alkanes) is 4. The van der Waals surface area contributed by atoms with E-state index in [2.05, 4.69) is 0 Å². The van der Waals surface area contributed by atoms with Gasteiger partial charge in [-0.15, -0.1) is 0 Å². The second kappa shape index (κ2) is 11.6. The van der Waals surface area contributed by atoms with E-state index in [4.69, 9.17) is 9.84 Å². The molecule has 6 nitrogen and oxygen atoms in total. The van der Waals surface area contributed by atoms with Gasteiger partial charge in [0.15, 0.2) is 0 Å². The zero-order chi connectivity index (χ0) is 17.9. The van der Waals surface area contributed by atoms with E-state index in [-0.39, 0.29) is 12.5 Å². The summed E-state index contributed by atoms with van der Waals surface area (Å²) >= 11 is 0. The Bertz CT molecular complexity index is 384. The van der Waals surface area contributed by atoms with Crippen LogP contribution in [0.2, 0.25) is 0 Å². The molecule has 140 valence electrons. The Labute approximate surface area is 144 Å². The fourth-order valence-electron chi connectivity index (χ4n) is 2.86. The van der Waals surface area contributed by atoms with Gasteiger partial charge in [-0.2, -0.15) is 0 Å². The molecule has 0 radical (unpaired) electrons. The lowest BCUT2D eigenvalue weighted by Crippen LogP contribution is -2.26. The zero-order valence-electron chi connectivity index (χ0n) is 14.5. The molecular formula is C18H32O6. The maximum atomic E-state index is 10.4. The van der Waals surface area contributed by atoms with Gasteiger partial charge in [0.25, 0.3) is 0 Å². The Balaban J connectivity index is 2.18. The molecule has 0 spiro atoms. The minimum Gasteiger partial charge on any atom is -0.481 e.